The number of halogens is 1. The molecule has 1 aromatic heterocycles. The third-order valence-electron chi connectivity index (χ3n) is 3.18. The Hall–Kier alpha value is -2.05. The summed E-state index contributed by atoms with van der Waals surface area (Å²) in [4.78, 5) is 23.6. The highest BCUT2D eigenvalue weighted by atomic mass is 35.5. The molecular formula is C16H17ClN2O3S. The summed E-state index contributed by atoms with van der Waals surface area (Å²) in [7, 11) is 1.55. The summed E-state index contributed by atoms with van der Waals surface area (Å²) >= 11 is 7.56. The van der Waals surface area contributed by atoms with Crippen molar-refractivity contribution in [1.29, 1.82) is 0 Å². The van der Waals surface area contributed by atoms with Crippen LogP contribution >= 0.6 is 22.9 Å². The molecule has 0 radical (unpaired) electrons. The van der Waals surface area contributed by atoms with Crippen LogP contribution < -0.4 is 15.4 Å². The van der Waals surface area contributed by atoms with E-state index in [2.05, 4.69) is 10.6 Å². The van der Waals surface area contributed by atoms with Gasteiger partial charge in [-0.1, -0.05) is 17.7 Å². The summed E-state index contributed by atoms with van der Waals surface area (Å²) < 4.78 is 5.22. The van der Waals surface area contributed by atoms with Gasteiger partial charge < -0.3 is 15.4 Å². The minimum absolute atomic E-state index is 0.169. The molecule has 2 N–H and O–H groups in total. The molecule has 0 aliphatic carbocycles. The predicted molar refractivity (Wildman–Crippen MR) is 91.1 cm³/mol. The van der Waals surface area contributed by atoms with Crippen molar-refractivity contribution in [3.8, 4) is 5.75 Å². The number of carbonyl (C=O) groups excluding carboxylic acids is 2. The van der Waals surface area contributed by atoms with Crippen LogP contribution in [0.15, 0.2) is 35.0 Å². The first kappa shape index (κ1) is 17.3. The molecule has 0 aliphatic heterocycles. The Labute approximate surface area is 143 Å². The van der Waals surface area contributed by atoms with Crippen LogP contribution in [0.25, 0.3) is 0 Å². The van der Waals surface area contributed by atoms with Gasteiger partial charge in [-0.05, 0) is 23.6 Å². The predicted octanol–water partition coefficient (Wildman–Crippen LogP) is 2.85. The van der Waals surface area contributed by atoms with Gasteiger partial charge in [-0.2, -0.15) is 11.3 Å². The highest BCUT2D eigenvalue weighted by Crippen LogP contribution is 2.25. The summed E-state index contributed by atoms with van der Waals surface area (Å²) in [6.07, 6.45) is 0.197. The summed E-state index contributed by atoms with van der Waals surface area (Å²) in [5, 5.41) is 9.61. The molecule has 7 heteroatoms. The number of ether oxygens (including phenoxy) is 1. The minimum Gasteiger partial charge on any atom is -0.496 e. The third kappa shape index (κ3) is 4.97. The van der Waals surface area contributed by atoms with Crippen LogP contribution in [0.4, 0.5) is 0 Å². The quantitative estimate of drug-likeness (QED) is 0.805. The van der Waals surface area contributed by atoms with Crippen LogP contribution in [0.1, 0.15) is 22.3 Å². The van der Waals surface area contributed by atoms with Gasteiger partial charge in [0.2, 0.25) is 5.91 Å². The Morgan fingerprint density at radius 3 is 2.78 bits per heavy atom. The van der Waals surface area contributed by atoms with Crippen LogP contribution in [0, 0.1) is 0 Å². The fourth-order valence-electron chi connectivity index (χ4n) is 1.96. The van der Waals surface area contributed by atoms with Gasteiger partial charge in [0.25, 0.3) is 5.91 Å². The number of methoxy groups -OCH3 is 1. The number of thiophene rings is 1. The maximum atomic E-state index is 11.9. The molecule has 2 rings (SSSR count). The number of carbonyl (C=O) groups is 2. The van der Waals surface area contributed by atoms with Gasteiger partial charge in [0, 0.05) is 41.0 Å². The lowest BCUT2D eigenvalue weighted by atomic mass is 10.2. The molecule has 0 fully saturated rings. The summed E-state index contributed by atoms with van der Waals surface area (Å²) in [6, 6.07) is 7.05. The molecule has 2 aromatic rings. The molecular weight excluding hydrogens is 336 g/mol. The molecule has 23 heavy (non-hydrogen) atoms. The topological polar surface area (TPSA) is 67.4 Å². The number of hydrogen-bond acceptors (Lipinski definition) is 4. The van der Waals surface area contributed by atoms with Crippen molar-refractivity contribution in [1.82, 2.24) is 10.6 Å². The van der Waals surface area contributed by atoms with Crippen LogP contribution in [0.3, 0.4) is 0 Å². The van der Waals surface area contributed by atoms with E-state index < -0.39 is 0 Å². The second kappa shape index (κ2) is 8.55. The van der Waals surface area contributed by atoms with E-state index in [0.717, 1.165) is 5.56 Å². The van der Waals surface area contributed by atoms with Crippen molar-refractivity contribution in [2.75, 3.05) is 13.7 Å². The Bertz CT molecular complexity index is 674. The second-order valence-electron chi connectivity index (χ2n) is 4.72. The van der Waals surface area contributed by atoms with Crippen molar-refractivity contribution >= 4 is 34.8 Å². The molecule has 5 nitrogen and oxygen atoms in total. The molecule has 1 aromatic carbocycles. The standard InChI is InChI=1S/C16H17ClN2O3S/c1-22-14-4-2-3-13(17)12(14)9-19-15(20)5-7-18-16(21)11-6-8-23-10-11/h2-4,6,8,10H,5,7,9H2,1H3,(H,18,21)(H,19,20). The first-order valence-electron chi connectivity index (χ1n) is 7.00. The minimum atomic E-state index is -0.174. The van der Waals surface area contributed by atoms with Crippen LogP contribution in [0.2, 0.25) is 5.02 Å². The molecule has 1 heterocycles. The van der Waals surface area contributed by atoms with E-state index in [-0.39, 0.29) is 31.3 Å². The monoisotopic (exact) mass is 352 g/mol. The fourth-order valence-corrected chi connectivity index (χ4v) is 2.83. The first-order chi connectivity index (χ1) is 11.1. The molecule has 122 valence electrons. The van der Waals surface area contributed by atoms with E-state index in [1.165, 1.54) is 11.3 Å². The molecule has 0 atom stereocenters. The van der Waals surface area contributed by atoms with Gasteiger partial charge in [0.05, 0.1) is 7.11 Å². The average molecular weight is 353 g/mol. The largest absolute Gasteiger partial charge is 0.496 e. The number of benzene rings is 1. The summed E-state index contributed by atoms with van der Waals surface area (Å²) in [6.45, 7) is 0.556. The SMILES string of the molecule is COc1cccc(Cl)c1CNC(=O)CCNC(=O)c1ccsc1. The van der Waals surface area contributed by atoms with Crippen LogP contribution in [-0.2, 0) is 11.3 Å². The van der Waals surface area contributed by atoms with Crippen LogP contribution in [0.5, 0.6) is 5.75 Å². The smallest absolute Gasteiger partial charge is 0.252 e. The fraction of sp³-hybridized carbons (Fsp3) is 0.250. The van der Waals surface area contributed by atoms with E-state index in [1.54, 1.807) is 36.8 Å². The van der Waals surface area contributed by atoms with E-state index in [0.29, 0.717) is 16.3 Å². The molecule has 0 unspecified atom stereocenters. The zero-order valence-electron chi connectivity index (χ0n) is 12.6. The lowest BCUT2D eigenvalue weighted by molar-refractivity contribution is -0.121. The summed E-state index contributed by atoms with van der Waals surface area (Å²) in [5.41, 5.74) is 1.34. The van der Waals surface area contributed by atoms with Gasteiger partial charge in [-0.25, -0.2) is 0 Å². The second-order valence-corrected chi connectivity index (χ2v) is 5.90. The van der Waals surface area contributed by atoms with Crippen molar-refractivity contribution < 1.29 is 14.3 Å². The van der Waals surface area contributed by atoms with Gasteiger partial charge in [-0.3, -0.25) is 9.59 Å². The number of amides is 2. The molecule has 0 aliphatic rings. The van der Waals surface area contributed by atoms with Gasteiger partial charge in [-0.15, -0.1) is 0 Å². The Morgan fingerprint density at radius 2 is 2.09 bits per heavy atom. The normalized spacial score (nSPS) is 10.2. The van der Waals surface area contributed by atoms with E-state index in [9.17, 15) is 9.59 Å². The highest BCUT2D eigenvalue weighted by molar-refractivity contribution is 7.08. The van der Waals surface area contributed by atoms with Crippen molar-refractivity contribution in [3.63, 3.8) is 0 Å². The molecule has 2 amide bonds. The molecule has 0 saturated heterocycles. The first-order valence-corrected chi connectivity index (χ1v) is 8.32. The molecule has 0 spiro atoms. The average Bonchev–Trinajstić information content (AvgIpc) is 3.08. The molecule has 0 saturated carbocycles. The maximum absolute atomic E-state index is 11.9. The Morgan fingerprint density at radius 1 is 1.26 bits per heavy atom. The zero-order valence-corrected chi connectivity index (χ0v) is 14.2. The van der Waals surface area contributed by atoms with E-state index in [4.69, 9.17) is 16.3 Å². The summed E-state index contributed by atoms with van der Waals surface area (Å²) in [5.74, 6) is 0.285. The number of hydrogen-bond donors (Lipinski definition) is 2. The van der Waals surface area contributed by atoms with Gasteiger partial charge >= 0.3 is 0 Å². The third-order valence-corrected chi connectivity index (χ3v) is 4.22. The number of rotatable bonds is 7. The van der Waals surface area contributed by atoms with Crippen molar-refractivity contribution in [2.45, 2.75) is 13.0 Å². The lowest BCUT2D eigenvalue weighted by Gasteiger charge is -2.11. The lowest BCUT2D eigenvalue weighted by Crippen LogP contribution is -2.30. The van der Waals surface area contributed by atoms with Gasteiger partial charge in [0.15, 0.2) is 0 Å². The van der Waals surface area contributed by atoms with Crippen LogP contribution in [-0.4, -0.2) is 25.5 Å². The Balaban J connectivity index is 1.76. The van der Waals surface area contributed by atoms with Crippen molar-refractivity contribution in [2.24, 2.45) is 0 Å². The number of nitrogens with one attached hydrogen (secondary N) is 2. The zero-order chi connectivity index (χ0) is 16.7. The van der Waals surface area contributed by atoms with Crippen molar-refractivity contribution in [3.05, 3.63) is 51.2 Å². The van der Waals surface area contributed by atoms with E-state index in [1.807, 2.05) is 5.38 Å². The van der Waals surface area contributed by atoms with E-state index >= 15 is 0 Å². The molecule has 0 bridgehead atoms. The van der Waals surface area contributed by atoms with Gasteiger partial charge in [0.1, 0.15) is 5.75 Å². The highest BCUT2D eigenvalue weighted by Gasteiger charge is 2.10. The Kier molecular flexibility index (Phi) is 6.43. The maximum Gasteiger partial charge on any atom is 0.252 e.